The zero-order chi connectivity index (χ0) is 12.8. The predicted octanol–water partition coefficient (Wildman–Crippen LogP) is 1.87. The Morgan fingerprint density at radius 1 is 1.28 bits per heavy atom. The molecule has 1 heterocycles. The monoisotopic (exact) mass is 247 g/mol. The smallest absolute Gasteiger partial charge is 0.193 e. The van der Waals surface area contributed by atoms with Crippen molar-refractivity contribution in [3.8, 4) is 5.75 Å². The molecular weight excluding hydrogens is 226 g/mol. The molecule has 0 atom stereocenters. The van der Waals surface area contributed by atoms with Crippen LogP contribution in [0.4, 0.5) is 0 Å². The van der Waals surface area contributed by atoms with Gasteiger partial charge in [-0.25, -0.2) is 0 Å². The van der Waals surface area contributed by atoms with E-state index in [1.165, 1.54) is 18.4 Å². The van der Waals surface area contributed by atoms with Crippen molar-refractivity contribution in [2.75, 3.05) is 27.2 Å². The van der Waals surface area contributed by atoms with Gasteiger partial charge in [-0.05, 0) is 30.5 Å². The second-order valence-corrected chi connectivity index (χ2v) is 4.44. The van der Waals surface area contributed by atoms with Gasteiger partial charge in [-0.15, -0.1) is 0 Å². The molecule has 0 amide bonds. The summed E-state index contributed by atoms with van der Waals surface area (Å²) < 4.78 is 5.14. The number of benzene rings is 1. The van der Waals surface area contributed by atoms with Gasteiger partial charge in [0, 0.05) is 26.7 Å². The lowest BCUT2D eigenvalue weighted by molar-refractivity contribution is 0.414. The first-order valence-electron chi connectivity index (χ1n) is 6.42. The number of hydrogen-bond acceptors (Lipinski definition) is 2. The van der Waals surface area contributed by atoms with Crippen LogP contribution >= 0.6 is 0 Å². The highest BCUT2D eigenvalue weighted by molar-refractivity contribution is 5.80. The van der Waals surface area contributed by atoms with Crippen molar-refractivity contribution in [2.24, 2.45) is 4.99 Å². The summed E-state index contributed by atoms with van der Waals surface area (Å²) in [4.78, 5) is 6.63. The van der Waals surface area contributed by atoms with Gasteiger partial charge in [0.25, 0.3) is 0 Å². The fourth-order valence-electron chi connectivity index (χ4n) is 2.19. The highest BCUT2D eigenvalue weighted by Crippen LogP contribution is 2.11. The molecule has 0 spiro atoms. The molecule has 1 N–H and O–H groups in total. The van der Waals surface area contributed by atoms with E-state index in [1.54, 1.807) is 7.11 Å². The first-order valence-corrected chi connectivity index (χ1v) is 6.42. The van der Waals surface area contributed by atoms with Gasteiger partial charge < -0.3 is 15.0 Å². The second-order valence-electron chi connectivity index (χ2n) is 4.44. The highest BCUT2D eigenvalue weighted by atomic mass is 16.5. The van der Waals surface area contributed by atoms with Gasteiger partial charge in [-0.1, -0.05) is 12.1 Å². The lowest BCUT2D eigenvalue weighted by atomic mass is 10.2. The average Bonchev–Trinajstić information content (AvgIpc) is 2.94. The van der Waals surface area contributed by atoms with E-state index < -0.39 is 0 Å². The molecule has 1 aromatic carbocycles. The Morgan fingerprint density at radius 3 is 2.50 bits per heavy atom. The summed E-state index contributed by atoms with van der Waals surface area (Å²) in [7, 11) is 3.52. The van der Waals surface area contributed by atoms with Gasteiger partial charge in [0.1, 0.15) is 5.75 Å². The van der Waals surface area contributed by atoms with E-state index in [0.29, 0.717) is 0 Å². The Bertz CT molecular complexity index is 394. The van der Waals surface area contributed by atoms with Crippen LogP contribution in [-0.4, -0.2) is 38.1 Å². The zero-order valence-corrected chi connectivity index (χ0v) is 11.1. The number of nitrogens with zero attached hydrogens (tertiary/aromatic N) is 2. The molecule has 0 radical (unpaired) electrons. The first kappa shape index (κ1) is 12.7. The Balaban J connectivity index is 1.88. The molecule has 4 nitrogen and oxygen atoms in total. The molecule has 0 saturated carbocycles. The van der Waals surface area contributed by atoms with Crippen LogP contribution in [0.15, 0.2) is 29.3 Å². The molecule has 1 aromatic rings. The number of likely N-dealkylation sites (tertiary alicyclic amines) is 1. The Morgan fingerprint density at radius 2 is 1.94 bits per heavy atom. The summed E-state index contributed by atoms with van der Waals surface area (Å²) in [5.74, 6) is 1.89. The van der Waals surface area contributed by atoms with Gasteiger partial charge in [0.15, 0.2) is 5.96 Å². The second kappa shape index (κ2) is 6.28. The van der Waals surface area contributed by atoms with E-state index in [2.05, 4.69) is 27.3 Å². The molecule has 1 aliphatic rings. The van der Waals surface area contributed by atoms with Crippen LogP contribution < -0.4 is 10.1 Å². The highest BCUT2D eigenvalue weighted by Gasteiger charge is 2.15. The van der Waals surface area contributed by atoms with Crippen molar-refractivity contribution in [3.05, 3.63) is 29.8 Å². The normalized spacial score (nSPS) is 15.9. The lowest BCUT2D eigenvalue weighted by Crippen LogP contribution is -2.39. The van der Waals surface area contributed by atoms with Crippen molar-refractivity contribution in [1.29, 1.82) is 0 Å². The van der Waals surface area contributed by atoms with Crippen LogP contribution in [-0.2, 0) is 6.54 Å². The molecule has 0 aromatic heterocycles. The third kappa shape index (κ3) is 3.15. The van der Waals surface area contributed by atoms with Crippen molar-refractivity contribution in [3.63, 3.8) is 0 Å². The minimum Gasteiger partial charge on any atom is -0.497 e. The van der Waals surface area contributed by atoms with Crippen molar-refractivity contribution >= 4 is 5.96 Å². The molecule has 4 heteroatoms. The van der Waals surface area contributed by atoms with Crippen molar-refractivity contribution in [1.82, 2.24) is 10.2 Å². The van der Waals surface area contributed by atoms with E-state index in [9.17, 15) is 0 Å². The van der Waals surface area contributed by atoms with Gasteiger partial charge in [-0.2, -0.15) is 0 Å². The number of guanidine groups is 1. The predicted molar refractivity (Wildman–Crippen MR) is 74.0 cm³/mol. The average molecular weight is 247 g/mol. The fourth-order valence-corrected chi connectivity index (χ4v) is 2.19. The van der Waals surface area contributed by atoms with E-state index in [4.69, 9.17) is 4.74 Å². The molecule has 98 valence electrons. The number of aliphatic imine (C=N–C) groups is 1. The van der Waals surface area contributed by atoms with Crippen molar-refractivity contribution < 1.29 is 4.74 Å². The molecule has 0 unspecified atom stereocenters. The molecule has 2 rings (SSSR count). The van der Waals surface area contributed by atoms with Crippen LogP contribution in [0.3, 0.4) is 0 Å². The van der Waals surface area contributed by atoms with Crippen molar-refractivity contribution in [2.45, 2.75) is 19.4 Å². The topological polar surface area (TPSA) is 36.9 Å². The minimum absolute atomic E-state index is 0.799. The number of rotatable bonds is 3. The van der Waals surface area contributed by atoms with Gasteiger partial charge in [0.2, 0.25) is 0 Å². The lowest BCUT2D eigenvalue weighted by Gasteiger charge is -2.20. The molecule has 0 aliphatic carbocycles. The Kier molecular flexibility index (Phi) is 4.45. The summed E-state index contributed by atoms with van der Waals surface area (Å²) >= 11 is 0. The quantitative estimate of drug-likeness (QED) is 0.654. The summed E-state index contributed by atoms with van der Waals surface area (Å²) in [6.45, 7) is 3.03. The molecule has 0 bridgehead atoms. The van der Waals surface area contributed by atoms with E-state index in [1.807, 2.05) is 19.2 Å². The molecule has 1 fully saturated rings. The maximum absolute atomic E-state index is 5.14. The van der Waals surface area contributed by atoms with E-state index >= 15 is 0 Å². The number of ether oxygens (including phenoxy) is 1. The maximum atomic E-state index is 5.14. The summed E-state index contributed by atoms with van der Waals surface area (Å²) in [5.41, 5.74) is 1.23. The van der Waals surface area contributed by atoms with Gasteiger partial charge in [-0.3, -0.25) is 4.99 Å². The molecule has 1 aliphatic heterocycles. The number of nitrogens with one attached hydrogen (secondary N) is 1. The van der Waals surface area contributed by atoms with E-state index in [-0.39, 0.29) is 0 Å². The largest absolute Gasteiger partial charge is 0.497 e. The van der Waals surface area contributed by atoms with E-state index in [0.717, 1.165) is 31.3 Å². The fraction of sp³-hybridized carbons (Fsp3) is 0.500. The van der Waals surface area contributed by atoms with Crippen LogP contribution in [0.2, 0.25) is 0 Å². The third-order valence-electron chi connectivity index (χ3n) is 3.23. The van der Waals surface area contributed by atoms with Gasteiger partial charge >= 0.3 is 0 Å². The molecular formula is C14H21N3O. The van der Waals surface area contributed by atoms with Crippen LogP contribution in [0.5, 0.6) is 5.75 Å². The van der Waals surface area contributed by atoms with Crippen LogP contribution in [0, 0.1) is 0 Å². The SMILES string of the molecule is CN=C(NCc1ccc(OC)cc1)N1CCCC1. The van der Waals surface area contributed by atoms with Crippen LogP contribution in [0.25, 0.3) is 0 Å². The minimum atomic E-state index is 0.799. The summed E-state index contributed by atoms with van der Waals surface area (Å²) in [5, 5.41) is 3.40. The molecule has 1 saturated heterocycles. The number of hydrogen-bond donors (Lipinski definition) is 1. The standard InChI is InChI=1S/C14H21N3O/c1-15-14(17-9-3-4-10-17)16-11-12-5-7-13(18-2)8-6-12/h5-8H,3-4,9-11H2,1-2H3,(H,15,16). The Labute approximate surface area is 109 Å². The maximum Gasteiger partial charge on any atom is 0.193 e. The van der Waals surface area contributed by atoms with Gasteiger partial charge in [0.05, 0.1) is 7.11 Å². The summed E-state index contributed by atoms with van der Waals surface area (Å²) in [6.07, 6.45) is 2.53. The zero-order valence-electron chi connectivity index (χ0n) is 11.1. The van der Waals surface area contributed by atoms with Crippen LogP contribution in [0.1, 0.15) is 18.4 Å². The number of methoxy groups -OCH3 is 1. The molecule has 18 heavy (non-hydrogen) atoms. The summed E-state index contributed by atoms with van der Waals surface area (Å²) in [6, 6.07) is 8.11. The Hall–Kier alpha value is -1.71. The third-order valence-corrected chi connectivity index (χ3v) is 3.23. The first-order chi connectivity index (χ1) is 8.83.